The Bertz CT molecular complexity index is 1770. The molecule has 0 aliphatic rings. The zero-order valence-corrected chi connectivity index (χ0v) is 21.5. The van der Waals surface area contributed by atoms with Gasteiger partial charge in [0.15, 0.2) is 0 Å². The van der Waals surface area contributed by atoms with E-state index in [0.717, 1.165) is 23.4 Å². The lowest BCUT2D eigenvalue weighted by Gasteiger charge is -2.12. The van der Waals surface area contributed by atoms with Gasteiger partial charge in [-0.2, -0.15) is 4.40 Å². The highest BCUT2D eigenvalue weighted by atomic mass is 35.5. The van der Waals surface area contributed by atoms with Gasteiger partial charge in [0.05, 0.1) is 23.0 Å². The number of sulfonamides is 1. The van der Waals surface area contributed by atoms with Crippen LogP contribution in [0.3, 0.4) is 0 Å². The van der Waals surface area contributed by atoms with Crippen molar-refractivity contribution in [1.29, 1.82) is 0 Å². The lowest BCUT2D eigenvalue weighted by atomic mass is 10.1. The Morgan fingerprint density at radius 2 is 1.95 bits per heavy atom. The summed E-state index contributed by atoms with van der Waals surface area (Å²) in [6, 6.07) is 20.3. The Labute approximate surface area is 222 Å². The number of fused-ring (bicyclic) bond motifs is 1. The molecule has 0 saturated heterocycles. The van der Waals surface area contributed by atoms with E-state index < -0.39 is 10.0 Å². The van der Waals surface area contributed by atoms with Gasteiger partial charge in [0.2, 0.25) is 10.0 Å². The van der Waals surface area contributed by atoms with Crippen molar-refractivity contribution in [3.05, 3.63) is 101 Å². The van der Waals surface area contributed by atoms with E-state index in [-0.39, 0.29) is 12.4 Å². The lowest BCUT2D eigenvalue weighted by Crippen LogP contribution is -1.99. The van der Waals surface area contributed by atoms with Crippen LogP contribution in [0.4, 0.5) is 15.9 Å². The number of ether oxygens (including phenoxy) is 1. The summed E-state index contributed by atoms with van der Waals surface area (Å²) in [5.41, 5.74) is 2.82. The molecule has 0 aliphatic carbocycles. The molecule has 5 rings (SSSR count). The van der Waals surface area contributed by atoms with Gasteiger partial charge in [0, 0.05) is 16.6 Å². The number of nitrogens with zero attached hydrogens (tertiary/aromatic N) is 3. The van der Waals surface area contributed by atoms with E-state index in [1.165, 1.54) is 18.5 Å². The van der Waals surface area contributed by atoms with Crippen LogP contribution in [0.15, 0.2) is 87.9 Å². The Morgan fingerprint density at radius 1 is 1.08 bits per heavy atom. The summed E-state index contributed by atoms with van der Waals surface area (Å²) < 4.78 is 50.9. The second kappa shape index (κ2) is 10.6. The fourth-order valence-corrected chi connectivity index (χ4v) is 4.19. The predicted octanol–water partition coefficient (Wildman–Crippen LogP) is 6.38. The number of furan rings is 1. The van der Waals surface area contributed by atoms with E-state index in [2.05, 4.69) is 19.7 Å². The highest BCUT2D eigenvalue weighted by molar-refractivity contribution is 7.89. The average molecular weight is 551 g/mol. The minimum Gasteiger partial charge on any atom is -0.487 e. The van der Waals surface area contributed by atoms with Crippen molar-refractivity contribution in [2.75, 3.05) is 11.6 Å². The van der Waals surface area contributed by atoms with E-state index in [1.54, 1.807) is 42.5 Å². The molecule has 2 heterocycles. The maximum Gasteiger partial charge on any atom is 0.250 e. The Morgan fingerprint density at radius 3 is 2.74 bits per heavy atom. The number of hydrogen-bond donors (Lipinski definition) is 1. The molecule has 38 heavy (non-hydrogen) atoms. The summed E-state index contributed by atoms with van der Waals surface area (Å²) in [4.78, 5) is 8.71. The second-order valence-corrected chi connectivity index (χ2v) is 10.4. The molecule has 11 heteroatoms. The monoisotopic (exact) mass is 550 g/mol. The van der Waals surface area contributed by atoms with Crippen molar-refractivity contribution in [1.82, 2.24) is 9.97 Å². The van der Waals surface area contributed by atoms with E-state index in [9.17, 15) is 12.8 Å². The van der Waals surface area contributed by atoms with Crippen LogP contribution in [0.1, 0.15) is 11.3 Å². The molecular weight excluding hydrogens is 531 g/mol. The van der Waals surface area contributed by atoms with Crippen LogP contribution in [0.25, 0.3) is 22.2 Å². The van der Waals surface area contributed by atoms with Crippen molar-refractivity contribution in [3.8, 4) is 17.1 Å². The first kappa shape index (κ1) is 25.4. The van der Waals surface area contributed by atoms with E-state index in [0.29, 0.717) is 44.9 Å². The van der Waals surface area contributed by atoms with Crippen LogP contribution < -0.4 is 10.1 Å². The van der Waals surface area contributed by atoms with E-state index in [4.69, 9.17) is 20.8 Å². The van der Waals surface area contributed by atoms with Crippen molar-refractivity contribution < 1.29 is 22.0 Å². The van der Waals surface area contributed by atoms with Crippen LogP contribution in [-0.4, -0.2) is 30.9 Å². The quantitative estimate of drug-likeness (QED) is 0.223. The Kier molecular flexibility index (Phi) is 7.08. The molecule has 0 radical (unpaired) electrons. The fraction of sp³-hybridized carbons (Fsp3) is 0.0741. The number of anilines is 2. The average Bonchev–Trinajstić information content (AvgIpc) is 3.36. The largest absolute Gasteiger partial charge is 0.487 e. The fourth-order valence-electron chi connectivity index (χ4n) is 3.65. The van der Waals surface area contributed by atoms with E-state index in [1.807, 2.05) is 18.2 Å². The summed E-state index contributed by atoms with van der Waals surface area (Å²) in [7, 11) is -3.51. The first-order valence-electron chi connectivity index (χ1n) is 11.3. The topological polar surface area (TPSA) is 107 Å². The lowest BCUT2D eigenvalue weighted by molar-refractivity contribution is 0.306. The third kappa shape index (κ3) is 6.16. The van der Waals surface area contributed by atoms with Gasteiger partial charge in [0.1, 0.15) is 41.8 Å². The van der Waals surface area contributed by atoms with Gasteiger partial charge in [-0.15, -0.1) is 0 Å². The molecular formula is C27H20ClFN4O4S. The molecule has 0 saturated carbocycles. The molecule has 0 aliphatic heterocycles. The zero-order valence-electron chi connectivity index (χ0n) is 19.9. The Hall–Kier alpha value is -4.28. The molecule has 0 fully saturated rings. The smallest absolute Gasteiger partial charge is 0.250 e. The molecule has 3 aromatic carbocycles. The van der Waals surface area contributed by atoms with Gasteiger partial charge >= 0.3 is 0 Å². The van der Waals surface area contributed by atoms with Gasteiger partial charge in [-0.25, -0.2) is 22.8 Å². The molecule has 0 unspecified atom stereocenters. The third-order valence-corrected chi connectivity index (χ3v) is 6.18. The van der Waals surface area contributed by atoms with Crippen LogP contribution in [-0.2, 0) is 16.6 Å². The standard InChI is InChI=1S/C27H20ClFN4O4S/c1-38(34,35)32-14-21-7-10-25(37-21)18-5-8-24-22(12-18)27(31-16-30-24)33-20-6-9-26(23(28)13-20)36-15-17-3-2-4-19(29)11-17/h2-14,16H,15H2,1H3,(H,30,31,33)/b32-14+. The van der Waals surface area contributed by atoms with E-state index >= 15 is 0 Å². The maximum absolute atomic E-state index is 13.4. The van der Waals surface area contributed by atoms with Gasteiger partial charge in [-0.3, -0.25) is 0 Å². The molecule has 2 aromatic heterocycles. The van der Waals surface area contributed by atoms with Crippen molar-refractivity contribution in [2.24, 2.45) is 4.40 Å². The van der Waals surface area contributed by atoms with Crippen LogP contribution in [0, 0.1) is 5.82 Å². The van der Waals surface area contributed by atoms with Gasteiger partial charge < -0.3 is 14.5 Å². The predicted molar refractivity (Wildman–Crippen MR) is 145 cm³/mol. The number of benzene rings is 3. The first-order valence-corrected chi connectivity index (χ1v) is 13.5. The molecule has 0 spiro atoms. The van der Waals surface area contributed by atoms with Crippen molar-refractivity contribution in [2.45, 2.75) is 6.61 Å². The van der Waals surface area contributed by atoms with Crippen LogP contribution in [0.2, 0.25) is 5.02 Å². The summed E-state index contributed by atoms with van der Waals surface area (Å²) in [5.74, 6) is 1.52. The molecule has 0 amide bonds. The zero-order chi connectivity index (χ0) is 26.7. The van der Waals surface area contributed by atoms with Gasteiger partial charge in [-0.05, 0) is 66.2 Å². The normalized spacial score (nSPS) is 11.8. The highest BCUT2D eigenvalue weighted by Crippen LogP contribution is 2.32. The number of aromatic nitrogens is 2. The highest BCUT2D eigenvalue weighted by Gasteiger charge is 2.11. The van der Waals surface area contributed by atoms with Gasteiger partial charge in [0.25, 0.3) is 0 Å². The molecule has 0 bridgehead atoms. The summed E-state index contributed by atoms with van der Waals surface area (Å²) >= 11 is 6.44. The van der Waals surface area contributed by atoms with Crippen LogP contribution in [0.5, 0.6) is 5.75 Å². The summed E-state index contributed by atoms with van der Waals surface area (Å²) in [5, 5.41) is 4.37. The SMILES string of the molecule is CS(=O)(=O)/N=C/c1ccc(-c2ccc3ncnc(Nc4ccc(OCc5cccc(F)c5)c(Cl)c4)c3c2)o1. The number of halogens is 2. The molecule has 0 atom stereocenters. The summed E-state index contributed by atoms with van der Waals surface area (Å²) in [6.07, 6.45) is 3.62. The Balaban J connectivity index is 1.36. The molecule has 192 valence electrons. The minimum atomic E-state index is -3.51. The first-order chi connectivity index (χ1) is 18.2. The molecule has 5 aromatic rings. The number of rotatable bonds is 8. The minimum absolute atomic E-state index is 0.179. The van der Waals surface area contributed by atoms with Crippen LogP contribution >= 0.6 is 11.6 Å². The summed E-state index contributed by atoms with van der Waals surface area (Å²) in [6.45, 7) is 0.179. The van der Waals surface area contributed by atoms with Gasteiger partial charge in [-0.1, -0.05) is 23.7 Å². The number of hydrogen-bond acceptors (Lipinski definition) is 7. The maximum atomic E-state index is 13.4. The second-order valence-electron chi connectivity index (χ2n) is 8.31. The number of nitrogens with one attached hydrogen (secondary N) is 1. The third-order valence-electron chi connectivity index (χ3n) is 5.40. The molecule has 8 nitrogen and oxygen atoms in total. The van der Waals surface area contributed by atoms with Crippen molar-refractivity contribution >= 4 is 50.2 Å². The van der Waals surface area contributed by atoms with Crippen molar-refractivity contribution in [3.63, 3.8) is 0 Å². The molecule has 1 N–H and O–H groups in total.